The molecule has 0 radical (unpaired) electrons. The minimum absolute atomic E-state index is 0.00702. The van der Waals surface area contributed by atoms with E-state index in [4.69, 9.17) is 9.72 Å². The number of carbonyl (C=O) groups is 1. The summed E-state index contributed by atoms with van der Waals surface area (Å²) in [6.45, 7) is 8.85. The van der Waals surface area contributed by atoms with Gasteiger partial charge in [-0.1, -0.05) is 62.2 Å². The van der Waals surface area contributed by atoms with Gasteiger partial charge in [0.25, 0.3) is 5.91 Å². The summed E-state index contributed by atoms with van der Waals surface area (Å²) in [6.07, 6.45) is 7.22. The number of rotatable bonds is 15. The lowest BCUT2D eigenvalue weighted by molar-refractivity contribution is 0.0953. The number of unbranched alkanes of at least 4 members (excludes halogenated alkanes) is 3. The van der Waals surface area contributed by atoms with E-state index in [1.165, 1.54) is 11.1 Å². The van der Waals surface area contributed by atoms with Gasteiger partial charge in [0.2, 0.25) is 0 Å². The van der Waals surface area contributed by atoms with Crippen LogP contribution in [0, 0.1) is 6.92 Å². The first-order valence-electron chi connectivity index (χ1n) is 14.6. The Kier molecular flexibility index (Phi) is 10.6. The third-order valence-electron chi connectivity index (χ3n) is 7.48. The minimum Gasteiger partial charge on any atom is -0.494 e. The molecule has 0 fully saturated rings. The van der Waals surface area contributed by atoms with Gasteiger partial charge in [-0.15, -0.1) is 0 Å². The summed E-state index contributed by atoms with van der Waals surface area (Å²) in [5.74, 6) is 2.70. The van der Waals surface area contributed by atoms with Crippen molar-refractivity contribution in [1.82, 2.24) is 14.9 Å². The number of amides is 1. The van der Waals surface area contributed by atoms with E-state index in [9.17, 15) is 4.79 Å². The maximum absolute atomic E-state index is 12.3. The highest BCUT2D eigenvalue weighted by Gasteiger charge is 2.11. The molecule has 1 heterocycles. The molecular formula is C34H43N3O2. The van der Waals surface area contributed by atoms with Crippen molar-refractivity contribution in [3.63, 3.8) is 0 Å². The normalized spacial score (nSPS) is 12.0. The van der Waals surface area contributed by atoms with E-state index in [1.807, 2.05) is 31.2 Å². The average Bonchev–Trinajstić information content (AvgIpc) is 3.31. The molecule has 0 saturated heterocycles. The third kappa shape index (κ3) is 8.19. The van der Waals surface area contributed by atoms with Crippen LogP contribution >= 0.6 is 0 Å². The molecule has 206 valence electrons. The van der Waals surface area contributed by atoms with Crippen molar-refractivity contribution in [2.45, 2.75) is 78.2 Å². The maximum Gasteiger partial charge on any atom is 0.251 e. The Morgan fingerprint density at radius 1 is 0.949 bits per heavy atom. The minimum atomic E-state index is 0.00702. The van der Waals surface area contributed by atoms with Crippen LogP contribution in [-0.4, -0.2) is 28.6 Å². The van der Waals surface area contributed by atoms with Gasteiger partial charge in [0, 0.05) is 25.1 Å². The molecule has 4 rings (SSSR count). The van der Waals surface area contributed by atoms with Crippen LogP contribution in [0.1, 0.15) is 85.6 Å². The second-order valence-electron chi connectivity index (χ2n) is 10.5. The summed E-state index contributed by atoms with van der Waals surface area (Å²) in [6, 6.07) is 24.7. The van der Waals surface area contributed by atoms with Crippen LogP contribution in [0.2, 0.25) is 0 Å². The predicted molar refractivity (Wildman–Crippen MR) is 161 cm³/mol. The number of ether oxygens (including phenoxy) is 1. The zero-order valence-electron chi connectivity index (χ0n) is 23.8. The first kappa shape index (κ1) is 28.4. The van der Waals surface area contributed by atoms with Gasteiger partial charge in [0.1, 0.15) is 11.6 Å². The molecule has 0 aliphatic carbocycles. The molecule has 1 unspecified atom stereocenters. The molecule has 4 aromatic rings. The summed E-state index contributed by atoms with van der Waals surface area (Å²) in [7, 11) is 0. The van der Waals surface area contributed by atoms with E-state index >= 15 is 0 Å². The Morgan fingerprint density at radius 3 is 2.56 bits per heavy atom. The Morgan fingerprint density at radius 2 is 1.77 bits per heavy atom. The Hall–Kier alpha value is -3.60. The number of aryl methyl sites for hydroxylation is 3. The summed E-state index contributed by atoms with van der Waals surface area (Å²) in [4.78, 5) is 17.3. The summed E-state index contributed by atoms with van der Waals surface area (Å²) < 4.78 is 8.39. The number of nitrogens with zero attached hydrogens (tertiary/aromatic N) is 2. The molecule has 3 aromatic carbocycles. The summed E-state index contributed by atoms with van der Waals surface area (Å²) >= 11 is 0. The lowest BCUT2D eigenvalue weighted by Gasteiger charge is -2.12. The van der Waals surface area contributed by atoms with Crippen LogP contribution in [0.25, 0.3) is 11.0 Å². The lowest BCUT2D eigenvalue weighted by Crippen LogP contribution is -2.24. The fourth-order valence-electron chi connectivity index (χ4n) is 4.93. The molecule has 1 atom stereocenters. The first-order valence-corrected chi connectivity index (χ1v) is 14.6. The van der Waals surface area contributed by atoms with Crippen LogP contribution in [0.4, 0.5) is 0 Å². The zero-order chi connectivity index (χ0) is 27.5. The predicted octanol–water partition coefficient (Wildman–Crippen LogP) is 7.86. The molecule has 0 aliphatic heterocycles. The highest BCUT2D eigenvalue weighted by Crippen LogP contribution is 2.22. The van der Waals surface area contributed by atoms with Gasteiger partial charge in [-0.25, -0.2) is 4.98 Å². The molecule has 1 N–H and O–H groups in total. The fraction of sp³-hybridized carbons (Fsp3) is 0.412. The molecule has 0 spiro atoms. The monoisotopic (exact) mass is 525 g/mol. The zero-order valence-corrected chi connectivity index (χ0v) is 23.8. The van der Waals surface area contributed by atoms with Crippen LogP contribution < -0.4 is 10.1 Å². The standard InChI is InChI=1S/C34H43N3O2/c1-4-27(3)28-18-20-30(21-19-28)39-24-11-10-23-37-32-16-8-7-15-31(32)36-33(37)17-6-5-9-22-35-34(38)29-14-12-13-26(2)25-29/h7-8,12-16,18-21,25,27H,4-6,9-11,17,22-24H2,1-3H3,(H,35,38). The maximum atomic E-state index is 12.3. The average molecular weight is 526 g/mol. The Bertz CT molecular complexity index is 1330. The summed E-state index contributed by atoms with van der Waals surface area (Å²) in [5, 5.41) is 3.05. The van der Waals surface area contributed by atoms with Gasteiger partial charge in [0.15, 0.2) is 0 Å². The highest BCUT2D eigenvalue weighted by atomic mass is 16.5. The van der Waals surface area contributed by atoms with Gasteiger partial charge >= 0.3 is 0 Å². The van der Waals surface area contributed by atoms with Gasteiger partial charge in [-0.2, -0.15) is 0 Å². The SMILES string of the molecule is CCC(C)c1ccc(OCCCCn2c(CCCCCNC(=O)c3cccc(C)c3)nc3ccccc32)cc1. The third-order valence-corrected chi connectivity index (χ3v) is 7.48. The number of benzene rings is 3. The molecule has 0 saturated carbocycles. The number of hydrogen-bond donors (Lipinski definition) is 1. The molecule has 0 aliphatic rings. The lowest BCUT2D eigenvalue weighted by atomic mass is 9.99. The van der Waals surface area contributed by atoms with Crippen molar-refractivity contribution in [2.75, 3.05) is 13.2 Å². The van der Waals surface area contributed by atoms with Gasteiger partial charge in [0.05, 0.1) is 17.6 Å². The van der Waals surface area contributed by atoms with Crippen LogP contribution in [0.5, 0.6) is 5.75 Å². The van der Waals surface area contributed by atoms with Gasteiger partial charge in [-0.3, -0.25) is 4.79 Å². The molecule has 1 aromatic heterocycles. The Balaban J connectivity index is 1.20. The number of fused-ring (bicyclic) bond motifs is 1. The van der Waals surface area contributed by atoms with Crippen molar-refractivity contribution in [3.05, 3.63) is 95.3 Å². The Labute approximate surface area is 233 Å². The largest absolute Gasteiger partial charge is 0.494 e. The number of imidazole rings is 1. The molecule has 5 heteroatoms. The van der Waals surface area contributed by atoms with E-state index in [0.717, 1.165) is 86.3 Å². The molecule has 39 heavy (non-hydrogen) atoms. The molecule has 1 amide bonds. The number of hydrogen-bond acceptors (Lipinski definition) is 3. The van der Waals surface area contributed by atoms with Crippen molar-refractivity contribution < 1.29 is 9.53 Å². The number of aromatic nitrogens is 2. The summed E-state index contributed by atoms with van der Waals surface area (Å²) in [5.41, 5.74) is 5.48. The van der Waals surface area contributed by atoms with Gasteiger partial charge < -0.3 is 14.6 Å². The second-order valence-corrected chi connectivity index (χ2v) is 10.5. The van der Waals surface area contributed by atoms with E-state index in [0.29, 0.717) is 12.5 Å². The van der Waals surface area contributed by atoms with Crippen molar-refractivity contribution in [2.24, 2.45) is 0 Å². The number of nitrogens with one attached hydrogen (secondary N) is 1. The van der Waals surface area contributed by atoms with Gasteiger partial charge in [-0.05, 0) is 86.9 Å². The van der Waals surface area contributed by atoms with Crippen molar-refractivity contribution in [3.8, 4) is 5.75 Å². The molecular weight excluding hydrogens is 482 g/mol. The smallest absolute Gasteiger partial charge is 0.251 e. The highest BCUT2D eigenvalue weighted by molar-refractivity contribution is 5.94. The fourth-order valence-corrected chi connectivity index (χ4v) is 4.93. The van der Waals surface area contributed by atoms with Crippen molar-refractivity contribution in [1.29, 1.82) is 0 Å². The van der Waals surface area contributed by atoms with Crippen molar-refractivity contribution >= 4 is 16.9 Å². The van der Waals surface area contributed by atoms with Crippen LogP contribution in [0.15, 0.2) is 72.8 Å². The van der Waals surface area contributed by atoms with E-state index < -0.39 is 0 Å². The van der Waals surface area contributed by atoms with E-state index in [1.54, 1.807) is 0 Å². The number of para-hydroxylation sites is 2. The van der Waals surface area contributed by atoms with Crippen LogP contribution in [-0.2, 0) is 13.0 Å². The van der Waals surface area contributed by atoms with E-state index in [-0.39, 0.29) is 5.91 Å². The quantitative estimate of drug-likeness (QED) is 0.161. The number of carbonyl (C=O) groups excluding carboxylic acids is 1. The van der Waals surface area contributed by atoms with E-state index in [2.05, 4.69) is 72.3 Å². The topological polar surface area (TPSA) is 56.1 Å². The molecule has 5 nitrogen and oxygen atoms in total. The molecule has 0 bridgehead atoms. The first-order chi connectivity index (χ1) is 19.0. The second kappa shape index (κ2) is 14.5. The van der Waals surface area contributed by atoms with Crippen LogP contribution in [0.3, 0.4) is 0 Å².